The van der Waals surface area contributed by atoms with Crippen LogP contribution >= 0.6 is 15.9 Å². The maximum Gasteiger partial charge on any atom is 0.138 e. The van der Waals surface area contributed by atoms with E-state index in [0.29, 0.717) is 12.3 Å². The third-order valence-corrected chi connectivity index (χ3v) is 3.22. The zero-order valence-electron chi connectivity index (χ0n) is 11.1. The molecule has 19 heavy (non-hydrogen) atoms. The first-order chi connectivity index (χ1) is 9.06. The molecule has 5 nitrogen and oxygen atoms in total. The average molecular weight is 324 g/mol. The van der Waals surface area contributed by atoms with Crippen molar-refractivity contribution in [2.45, 2.75) is 32.9 Å². The lowest BCUT2D eigenvalue weighted by molar-refractivity contribution is 0.459. The standard InChI is InChI=1S/C13H18BrN5/c1-9(2)7-19-13(17-8-18-19)4-12(15)10-3-11(14)6-16-5-10/h3,5-6,8-9,12H,4,7,15H2,1-2H3. The van der Waals surface area contributed by atoms with Crippen molar-refractivity contribution in [1.29, 1.82) is 0 Å². The van der Waals surface area contributed by atoms with Gasteiger partial charge in [-0.1, -0.05) is 13.8 Å². The molecule has 0 aliphatic rings. The average Bonchev–Trinajstić information content (AvgIpc) is 2.75. The quantitative estimate of drug-likeness (QED) is 0.916. The Morgan fingerprint density at radius 3 is 2.84 bits per heavy atom. The van der Waals surface area contributed by atoms with Gasteiger partial charge in [-0.15, -0.1) is 0 Å². The summed E-state index contributed by atoms with van der Waals surface area (Å²) >= 11 is 3.40. The Bertz CT molecular complexity index is 537. The van der Waals surface area contributed by atoms with E-state index in [-0.39, 0.29) is 6.04 Å². The predicted octanol–water partition coefficient (Wildman–Crippen LogP) is 2.33. The number of pyridine rings is 1. The molecule has 0 saturated heterocycles. The molecule has 2 rings (SSSR count). The highest BCUT2D eigenvalue weighted by molar-refractivity contribution is 9.10. The summed E-state index contributed by atoms with van der Waals surface area (Å²) in [6, 6.07) is 1.86. The lowest BCUT2D eigenvalue weighted by Crippen LogP contribution is -2.18. The molecule has 0 saturated carbocycles. The molecule has 0 amide bonds. The van der Waals surface area contributed by atoms with Gasteiger partial charge in [0.25, 0.3) is 0 Å². The smallest absolute Gasteiger partial charge is 0.138 e. The lowest BCUT2D eigenvalue weighted by atomic mass is 10.1. The number of nitrogens with two attached hydrogens (primary N) is 1. The molecular formula is C13H18BrN5. The molecule has 1 unspecified atom stereocenters. The fraction of sp³-hybridized carbons (Fsp3) is 0.462. The minimum Gasteiger partial charge on any atom is -0.324 e. The van der Waals surface area contributed by atoms with E-state index in [0.717, 1.165) is 22.4 Å². The number of hydrogen-bond acceptors (Lipinski definition) is 4. The SMILES string of the molecule is CC(C)Cn1ncnc1CC(N)c1cncc(Br)c1. The molecule has 2 heterocycles. The van der Waals surface area contributed by atoms with Crippen LogP contribution in [0, 0.1) is 5.92 Å². The van der Waals surface area contributed by atoms with Gasteiger partial charge in [0.05, 0.1) is 0 Å². The van der Waals surface area contributed by atoms with Gasteiger partial charge in [0, 0.05) is 35.9 Å². The van der Waals surface area contributed by atoms with Gasteiger partial charge in [-0.25, -0.2) is 9.67 Å². The third kappa shape index (κ3) is 3.84. The van der Waals surface area contributed by atoms with Gasteiger partial charge in [0.1, 0.15) is 12.2 Å². The summed E-state index contributed by atoms with van der Waals surface area (Å²) < 4.78 is 2.86. The Morgan fingerprint density at radius 1 is 1.37 bits per heavy atom. The molecule has 0 aliphatic carbocycles. The second-order valence-corrected chi connectivity index (χ2v) is 5.92. The van der Waals surface area contributed by atoms with Crippen LogP contribution < -0.4 is 5.73 Å². The highest BCUT2D eigenvalue weighted by Crippen LogP contribution is 2.18. The number of aromatic nitrogens is 4. The third-order valence-electron chi connectivity index (χ3n) is 2.79. The Labute approximate surface area is 121 Å². The molecule has 0 aliphatic heterocycles. The molecule has 0 fully saturated rings. The normalized spacial score (nSPS) is 12.9. The van der Waals surface area contributed by atoms with E-state index in [1.807, 2.05) is 10.7 Å². The van der Waals surface area contributed by atoms with Crippen molar-refractivity contribution in [3.8, 4) is 0 Å². The maximum atomic E-state index is 6.21. The Morgan fingerprint density at radius 2 is 2.16 bits per heavy atom. The lowest BCUT2D eigenvalue weighted by Gasteiger charge is -2.13. The highest BCUT2D eigenvalue weighted by Gasteiger charge is 2.13. The van der Waals surface area contributed by atoms with Gasteiger partial charge < -0.3 is 5.73 Å². The Balaban J connectivity index is 2.10. The zero-order valence-corrected chi connectivity index (χ0v) is 12.7. The van der Waals surface area contributed by atoms with E-state index in [4.69, 9.17) is 5.73 Å². The number of hydrogen-bond donors (Lipinski definition) is 1. The van der Waals surface area contributed by atoms with Gasteiger partial charge in [-0.3, -0.25) is 4.98 Å². The van der Waals surface area contributed by atoms with Crippen LogP contribution in [0.2, 0.25) is 0 Å². The number of nitrogens with zero attached hydrogens (tertiary/aromatic N) is 4. The van der Waals surface area contributed by atoms with Crippen LogP contribution in [-0.2, 0) is 13.0 Å². The summed E-state index contributed by atoms with van der Waals surface area (Å²) in [5.41, 5.74) is 7.21. The van der Waals surface area contributed by atoms with E-state index in [1.165, 1.54) is 0 Å². The number of rotatable bonds is 5. The fourth-order valence-corrected chi connectivity index (χ4v) is 2.27. The van der Waals surface area contributed by atoms with Crippen molar-refractivity contribution >= 4 is 15.9 Å². The minimum atomic E-state index is -0.125. The van der Waals surface area contributed by atoms with Crippen LogP contribution in [-0.4, -0.2) is 19.7 Å². The molecule has 102 valence electrons. The van der Waals surface area contributed by atoms with Gasteiger partial charge >= 0.3 is 0 Å². The van der Waals surface area contributed by atoms with Crippen molar-refractivity contribution in [1.82, 2.24) is 19.7 Å². The van der Waals surface area contributed by atoms with Crippen molar-refractivity contribution in [2.75, 3.05) is 0 Å². The van der Waals surface area contributed by atoms with E-state index in [1.54, 1.807) is 18.7 Å². The van der Waals surface area contributed by atoms with Crippen LogP contribution in [0.15, 0.2) is 29.3 Å². The molecule has 2 aromatic heterocycles. The van der Waals surface area contributed by atoms with Crippen molar-refractivity contribution in [2.24, 2.45) is 11.7 Å². The van der Waals surface area contributed by atoms with Crippen molar-refractivity contribution < 1.29 is 0 Å². The summed E-state index contributed by atoms with van der Waals surface area (Å²) in [5, 5.41) is 4.25. The van der Waals surface area contributed by atoms with Crippen LogP contribution in [0.4, 0.5) is 0 Å². The summed E-state index contributed by atoms with van der Waals surface area (Å²) in [7, 11) is 0. The Hall–Kier alpha value is -1.27. The molecule has 0 bridgehead atoms. The van der Waals surface area contributed by atoms with Gasteiger partial charge in [-0.05, 0) is 33.5 Å². The number of halogens is 1. The van der Waals surface area contributed by atoms with Crippen molar-refractivity contribution in [3.05, 3.63) is 40.6 Å². The Kier molecular flexibility index (Phi) is 4.66. The van der Waals surface area contributed by atoms with E-state index in [9.17, 15) is 0 Å². The first-order valence-corrected chi connectivity index (χ1v) is 7.08. The highest BCUT2D eigenvalue weighted by atomic mass is 79.9. The molecule has 2 aromatic rings. The molecule has 0 aromatic carbocycles. The minimum absolute atomic E-state index is 0.125. The van der Waals surface area contributed by atoms with Crippen LogP contribution in [0.25, 0.3) is 0 Å². The summed E-state index contributed by atoms with van der Waals surface area (Å²) in [6.07, 6.45) is 5.78. The van der Waals surface area contributed by atoms with Crippen LogP contribution in [0.1, 0.15) is 31.3 Å². The maximum absolute atomic E-state index is 6.21. The largest absolute Gasteiger partial charge is 0.324 e. The van der Waals surface area contributed by atoms with Gasteiger partial charge in [0.2, 0.25) is 0 Å². The van der Waals surface area contributed by atoms with E-state index >= 15 is 0 Å². The molecule has 0 spiro atoms. The molecule has 0 radical (unpaired) electrons. The second kappa shape index (κ2) is 6.25. The fourth-order valence-electron chi connectivity index (χ4n) is 1.89. The second-order valence-electron chi connectivity index (χ2n) is 5.00. The van der Waals surface area contributed by atoms with Gasteiger partial charge in [-0.2, -0.15) is 5.10 Å². The molecule has 1 atom stereocenters. The first kappa shape index (κ1) is 14.1. The summed E-state index contributed by atoms with van der Waals surface area (Å²) in [5.74, 6) is 1.45. The molecular weight excluding hydrogens is 306 g/mol. The van der Waals surface area contributed by atoms with E-state index < -0.39 is 0 Å². The summed E-state index contributed by atoms with van der Waals surface area (Å²) in [4.78, 5) is 8.43. The first-order valence-electron chi connectivity index (χ1n) is 6.29. The topological polar surface area (TPSA) is 69.6 Å². The van der Waals surface area contributed by atoms with Crippen molar-refractivity contribution in [3.63, 3.8) is 0 Å². The van der Waals surface area contributed by atoms with Crippen LogP contribution in [0.3, 0.4) is 0 Å². The monoisotopic (exact) mass is 323 g/mol. The van der Waals surface area contributed by atoms with Crippen LogP contribution in [0.5, 0.6) is 0 Å². The summed E-state index contributed by atoms with van der Waals surface area (Å²) in [6.45, 7) is 5.17. The van der Waals surface area contributed by atoms with Gasteiger partial charge in [0.15, 0.2) is 0 Å². The predicted molar refractivity (Wildman–Crippen MR) is 77.4 cm³/mol. The molecule has 2 N–H and O–H groups in total. The zero-order chi connectivity index (χ0) is 13.8. The van der Waals surface area contributed by atoms with E-state index in [2.05, 4.69) is 44.8 Å². The molecule has 6 heteroatoms.